The van der Waals surface area contributed by atoms with E-state index in [0.29, 0.717) is 25.1 Å². The summed E-state index contributed by atoms with van der Waals surface area (Å²) in [6, 6.07) is 12.1. The molecular weight excluding hydrogens is 306 g/mol. The Balaban J connectivity index is 1.46. The highest BCUT2D eigenvalue weighted by Crippen LogP contribution is 2.27. The van der Waals surface area contributed by atoms with E-state index in [9.17, 15) is 14.4 Å². The monoisotopic (exact) mass is 325 g/mol. The van der Waals surface area contributed by atoms with Crippen molar-refractivity contribution >= 4 is 11.8 Å². The third-order valence-electron chi connectivity index (χ3n) is 4.07. The van der Waals surface area contributed by atoms with Gasteiger partial charge in [0.1, 0.15) is 0 Å². The number of carbonyl (C=O) groups is 2. The van der Waals surface area contributed by atoms with Crippen LogP contribution < -0.4 is 16.2 Å². The van der Waals surface area contributed by atoms with Crippen molar-refractivity contribution in [1.29, 1.82) is 0 Å². The van der Waals surface area contributed by atoms with E-state index in [0.717, 1.165) is 5.56 Å². The maximum atomic E-state index is 12.1. The van der Waals surface area contributed by atoms with Crippen molar-refractivity contribution in [2.45, 2.75) is 25.4 Å². The molecule has 6 heteroatoms. The molecule has 0 saturated heterocycles. The number of aromatic nitrogens is 1. The number of nitrogens with one attached hydrogen (secondary N) is 2. The van der Waals surface area contributed by atoms with E-state index in [1.54, 1.807) is 29.0 Å². The number of benzene rings is 1. The molecule has 1 aliphatic heterocycles. The minimum atomic E-state index is -0.273. The largest absolute Gasteiger partial charge is 0.356 e. The van der Waals surface area contributed by atoms with Gasteiger partial charge in [0.15, 0.2) is 0 Å². The lowest BCUT2D eigenvalue weighted by Crippen LogP contribution is -2.30. The smallest absolute Gasteiger partial charge is 0.252 e. The van der Waals surface area contributed by atoms with Gasteiger partial charge in [0.05, 0.1) is 12.5 Å². The van der Waals surface area contributed by atoms with E-state index in [4.69, 9.17) is 0 Å². The number of hydrogen-bond acceptors (Lipinski definition) is 3. The van der Waals surface area contributed by atoms with E-state index in [1.165, 1.54) is 6.07 Å². The van der Waals surface area contributed by atoms with Gasteiger partial charge in [-0.1, -0.05) is 24.3 Å². The van der Waals surface area contributed by atoms with Gasteiger partial charge in [-0.3, -0.25) is 14.4 Å². The summed E-state index contributed by atoms with van der Waals surface area (Å²) in [6.07, 6.45) is 2.62. The molecule has 0 bridgehead atoms. The van der Waals surface area contributed by atoms with Crippen molar-refractivity contribution in [2.75, 3.05) is 6.54 Å². The van der Waals surface area contributed by atoms with Gasteiger partial charge < -0.3 is 15.2 Å². The second-order valence-corrected chi connectivity index (χ2v) is 5.75. The predicted octanol–water partition coefficient (Wildman–Crippen LogP) is 1.23. The molecule has 124 valence electrons. The molecule has 1 aromatic heterocycles. The Hall–Kier alpha value is -2.89. The van der Waals surface area contributed by atoms with Crippen LogP contribution in [0, 0.1) is 0 Å². The second kappa shape index (κ2) is 7.12. The first kappa shape index (κ1) is 16.0. The molecular formula is C18H19N3O3. The minimum absolute atomic E-state index is 0.0471. The Bertz CT molecular complexity index is 813. The van der Waals surface area contributed by atoms with Crippen molar-refractivity contribution < 1.29 is 9.59 Å². The van der Waals surface area contributed by atoms with Crippen LogP contribution in [0.15, 0.2) is 53.5 Å². The Morgan fingerprint density at radius 1 is 1.12 bits per heavy atom. The van der Waals surface area contributed by atoms with Gasteiger partial charge in [-0.05, 0) is 24.1 Å². The van der Waals surface area contributed by atoms with Crippen molar-refractivity contribution in [1.82, 2.24) is 15.2 Å². The summed E-state index contributed by atoms with van der Waals surface area (Å²) in [5, 5.41) is 5.67. The summed E-state index contributed by atoms with van der Waals surface area (Å²) in [5.74, 6) is -0.246. The molecule has 6 nitrogen and oxygen atoms in total. The molecule has 0 saturated carbocycles. The third-order valence-corrected chi connectivity index (χ3v) is 4.07. The molecule has 2 heterocycles. The van der Waals surface area contributed by atoms with Gasteiger partial charge in [0, 0.05) is 30.9 Å². The number of carbonyl (C=O) groups excluding carboxylic acids is 2. The van der Waals surface area contributed by atoms with Crippen molar-refractivity contribution in [3.63, 3.8) is 0 Å². The van der Waals surface area contributed by atoms with Gasteiger partial charge in [-0.25, -0.2) is 0 Å². The lowest BCUT2D eigenvalue weighted by atomic mass is 10.0. The van der Waals surface area contributed by atoms with Crippen molar-refractivity contribution in [2.24, 2.45) is 0 Å². The summed E-state index contributed by atoms with van der Waals surface area (Å²) in [4.78, 5) is 35.5. The average Bonchev–Trinajstić information content (AvgIpc) is 2.89. The topological polar surface area (TPSA) is 80.2 Å². The Kier molecular flexibility index (Phi) is 4.74. The second-order valence-electron chi connectivity index (χ2n) is 5.75. The zero-order valence-corrected chi connectivity index (χ0v) is 13.2. The van der Waals surface area contributed by atoms with Crippen LogP contribution >= 0.6 is 0 Å². The number of rotatable bonds is 6. The fourth-order valence-electron chi connectivity index (χ4n) is 2.86. The molecule has 0 aliphatic carbocycles. The van der Waals surface area contributed by atoms with Crippen LogP contribution in [0.4, 0.5) is 0 Å². The lowest BCUT2D eigenvalue weighted by Gasteiger charge is -2.12. The van der Waals surface area contributed by atoms with Crippen molar-refractivity contribution in [3.8, 4) is 0 Å². The van der Waals surface area contributed by atoms with Crippen LogP contribution in [0.3, 0.4) is 0 Å². The van der Waals surface area contributed by atoms with Crippen molar-refractivity contribution in [3.05, 3.63) is 70.1 Å². The highest BCUT2D eigenvalue weighted by molar-refractivity contribution is 5.99. The number of fused-ring (bicyclic) bond motifs is 1. The first-order valence-electron chi connectivity index (χ1n) is 7.97. The molecule has 0 unspecified atom stereocenters. The van der Waals surface area contributed by atoms with Crippen LogP contribution in [0.25, 0.3) is 0 Å². The molecule has 1 atom stereocenters. The summed E-state index contributed by atoms with van der Waals surface area (Å²) >= 11 is 0. The van der Waals surface area contributed by atoms with E-state index < -0.39 is 0 Å². The molecule has 1 aliphatic rings. The molecule has 0 radical (unpaired) electrons. The quantitative estimate of drug-likeness (QED) is 0.784. The fraction of sp³-hybridized carbons (Fsp3) is 0.278. The van der Waals surface area contributed by atoms with Crippen LogP contribution in [0.2, 0.25) is 0 Å². The van der Waals surface area contributed by atoms with Gasteiger partial charge >= 0.3 is 0 Å². The van der Waals surface area contributed by atoms with Gasteiger partial charge in [-0.2, -0.15) is 0 Å². The minimum Gasteiger partial charge on any atom is -0.356 e. The Morgan fingerprint density at radius 2 is 1.92 bits per heavy atom. The van der Waals surface area contributed by atoms with E-state index in [1.807, 2.05) is 18.2 Å². The summed E-state index contributed by atoms with van der Waals surface area (Å²) in [6.45, 7) is 1.05. The highest BCUT2D eigenvalue weighted by atomic mass is 16.2. The first-order chi connectivity index (χ1) is 11.6. The molecule has 1 aromatic carbocycles. The third kappa shape index (κ3) is 3.53. The lowest BCUT2D eigenvalue weighted by molar-refractivity contribution is -0.121. The zero-order chi connectivity index (χ0) is 16.9. The number of aryl methyl sites for hydroxylation is 1. The van der Waals surface area contributed by atoms with Crippen LogP contribution in [0.1, 0.15) is 34.8 Å². The molecule has 2 N–H and O–H groups in total. The standard InChI is InChI=1S/C18H19N3O3/c22-16(19-9-5-11-21-10-4-3-8-17(21)23)12-15-13-6-1-2-7-14(13)18(24)20-15/h1-4,6-8,10,15H,5,9,11-12H2,(H,19,22)(H,20,24)/t15-/m0/s1. The fourth-order valence-corrected chi connectivity index (χ4v) is 2.86. The molecule has 3 rings (SSSR count). The summed E-state index contributed by atoms with van der Waals surface area (Å²) in [5.41, 5.74) is 1.46. The summed E-state index contributed by atoms with van der Waals surface area (Å²) < 4.78 is 1.61. The zero-order valence-electron chi connectivity index (χ0n) is 13.2. The normalized spacial score (nSPS) is 15.7. The van der Waals surface area contributed by atoms with E-state index in [2.05, 4.69) is 10.6 Å². The number of pyridine rings is 1. The maximum absolute atomic E-state index is 12.1. The first-order valence-corrected chi connectivity index (χ1v) is 7.97. The number of amides is 2. The summed E-state index contributed by atoms with van der Waals surface area (Å²) in [7, 11) is 0. The number of hydrogen-bond donors (Lipinski definition) is 2. The van der Waals surface area contributed by atoms with Gasteiger partial charge in [0.25, 0.3) is 5.91 Å². The van der Waals surface area contributed by atoms with E-state index >= 15 is 0 Å². The van der Waals surface area contributed by atoms with Gasteiger partial charge in [0.2, 0.25) is 11.5 Å². The number of nitrogens with zero attached hydrogens (tertiary/aromatic N) is 1. The van der Waals surface area contributed by atoms with Gasteiger partial charge in [-0.15, -0.1) is 0 Å². The molecule has 24 heavy (non-hydrogen) atoms. The SMILES string of the molecule is O=C(C[C@@H]1NC(=O)c2ccccc21)NCCCn1ccccc1=O. The van der Waals surface area contributed by atoms with Crippen LogP contribution in [-0.4, -0.2) is 22.9 Å². The maximum Gasteiger partial charge on any atom is 0.252 e. The molecule has 2 amide bonds. The Morgan fingerprint density at radius 3 is 2.75 bits per heavy atom. The average molecular weight is 325 g/mol. The van der Waals surface area contributed by atoms with E-state index in [-0.39, 0.29) is 29.8 Å². The highest BCUT2D eigenvalue weighted by Gasteiger charge is 2.29. The van der Waals surface area contributed by atoms with Crippen LogP contribution in [-0.2, 0) is 11.3 Å². The molecule has 2 aromatic rings. The Labute approximate surface area is 139 Å². The molecule has 0 spiro atoms. The van der Waals surface area contributed by atoms with Crippen LogP contribution in [0.5, 0.6) is 0 Å². The predicted molar refractivity (Wildman–Crippen MR) is 89.6 cm³/mol. The molecule has 0 fully saturated rings.